The number of aliphatic hydroxyl groups excluding tert-OH is 1. The number of esters is 1. The van der Waals surface area contributed by atoms with Crippen LogP contribution in [0.25, 0.3) is 0 Å². The Morgan fingerprint density at radius 1 is 1.64 bits per heavy atom. The van der Waals surface area contributed by atoms with Gasteiger partial charge in [0.05, 0.1) is 6.10 Å². The molecule has 2 rings (SSSR count). The van der Waals surface area contributed by atoms with E-state index in [2.05, 4.69) is 5.32 Å². The SMILES string of the molecule is N#CNC1C(=O)OC2(CCC2)C[C@@H]1O. The highest BCUT2D eigenvalue weighted by molar-refractivity contribution is 5.78. The van der Waals surface area contributed by atoms with E-state index < -0.39 is 23.7 Å². The van der Waals surface area contributed by atoms with E-state index in [-0.39, 0.29) is 0 Å². The summed E-state index contributed by atoms with van der Waals surface area (Å²) in [6.45, 7) is 0. The minimum Gasteiger partial charge on any atom is -0.457 e. The molecule has 0 radical (unpaired) electrons. The van der Waals surface area contributed by atoms with E-state index in [1.807, 2.05) is 0 Å². The van der Waals surface area contributed by atoms with Crippen molar-refractivity contribution >= 4 is 5.97 Å². The second kappa shape index (κ2) is 3.14. The average Bonchev–Trinajstić information content (AvgIpc) is 2.08. The maximum absolute atomic E-state index is 11.4. The number of hydrogen-bond acceptors (Lipinski definition) is 5. The molecular formula is C9H12N2O3. The van der Waals surface area contributed by atoms with Gasteiger partial charge in [-0.3, -0.25) is 0 Å². The number of nitriles is 1. The van der Waals surface area contributed by atoms with Gasteiger partial charge in [-0.05, 0) is 19.3 Å². The molecule has 14 heavy (non-hydrogen) atoms. The normalized spacial score (nSPS) is 34.1. The second-order valence-corrected chi connectivity index (χ2v) is 3.96. The van der Waals surface area contributed by atoms with Gasteiger partial charge in [0.2, 0.25) is 0 Å². The first kappa shape index (κ1) is 9.28. The maximum Gasteiger partial charge on any atom is 0.332 e. The molecule has 0 amide bonds. The summed E-state index contributed by atoms with van der Waals surface area (Å²) in [5.74, 6) is -0.509. The van der Waals surface area contributed by atoms with Crippen LogP contribution in [-0.4, -0.2) is 28.8 Å². The number of nitrogens with one attached hydrogen (secondary N) is 1. The van der Waals surface area contributed by atoms with E-state index in [9.17, 15) is 9.90 Å². The zero-order valence-corrected chi connectivity index (χ0v) is 7.69. The summed E-state index contributed by atoms with van der Waals surface area (Å²) >= 11 is 0. The number of nitrogens with zero attached hydrogens (tertiary/aromatic N) is 1. The molecule has 1 spiro atoms. The highest BCUT2D eigenvalue weighted by Crippen LogP contribution is 2.42. The summed E-state index contributed by atoms with van der Waals surface area (Å²) in [4.78, 5) is 11.4. The molecule has 1 aliphatic heterocycles. The van der Waals surface area contributed by atoms with Crippen LogP contribution in [0.1, 0.15) is 25.7 Å². The molecule has 1 aliphatic carbocycles. The topological polar surface area (TPSA) is 82.4 Å². The average molecular weight is 196 g/mol. The van der Waals surface area contributed by atoms with Gasteiger partial charge in [0.15, 0.2) is 12.2 Å². The fourth-order valence-corrected chi connectivity index (χ4v) is 2.08. The Morgan fingerprint density at radius 3 is 2.79 bits per heavy atom. The van der Waals surface area contributed by atoms with Crippen LogP contribution >= 0.6 is 0 Å². The van der Waals surface area contributed by atoms with Crippen molar-refractivity contribution in [2.75, 3.05) is 0 Å². The molecule has 1 saturated heterocycles. The number of carbonyl (C=O) groups excluding carboxylic acids is 1. The molecule has 0 aromatic carbocycles. The number of ether oxygens (including phenoxy) is 1. The smallest absolute Gasteiger partial charge is 0.332 e. The van der Waals surface area contributed by atoms with E-state index in [4.69, 9.17) is 10.00 Å². The van der Waals surface area contributed by atoms with Gasteiger partial charge < -0.3 is 15.2 Å². The number of carbonyl (C=O) groups is 1. The van der Waals surface area contributed by atoms with Crippen molar-refractivity contribution in [1.82, 2.24) is 5.32 Å². The van der Waals surface area contributed by atoms with Gasteiger partial charge in [0, 0.05) is 6.42 Å². The van der Waals surface area contributed by atoms with Crippen LogP contribution in [0.5, 0.6) is 0 Å². The molecule has 5 nitrogen and oxygen atoms in total. The Kier molecular flexibility index (Phi) is 2.08. The van der Waals surface area contributed by atoms with Gasteiger partial charge >= 0.3 is 5.97 Å². The van der Waals surface area contributed by atoms with Crippen molar-refractivity contribution in [2.45, 2.75) is 43.4 Å². The fourth-order valence-electron chi connectivity index (χ4n) is 2.08. The molecule has 1 unspecified atom stereocenters. The molecule has 1 saturated carbocycles. The van der Waals surface area contributed by atoms with Crippen molar-refractivity contribution in [2.24, 2.45) is 0 Å². The third-order valence-electron chi connectivity index (χ3n) is 3.02. The van der Waals surface area contributed by atoms with Crippen LogP contribution < -0.4 is 5.32 Å². The first-order valence-electron chi connectivity index (χ1n) is 4.72. The molecule has 0 aromatic rings. The van der Waals surface area contributed by atoms with Crippen LogP contribution in [0.3, 0.4) is 0 Å². The number of hydrogen-bond donors (Lipinski definition) is 2. The van der Waals surface area contributed by atoms with Crippen molar-refractivity contribution < 1.29 is 14.6 Å². The van der Waals surface area contributed by atoms with Gasteiger partial charge in [-0.25, -0.2) is 4.79 Å². The number of aliphatic hydroxyl groups is 1. The summed E-state index contributed by atoms with van der Waals surface area (Å²) in [5, 5.41) is 20.3. The van der Waals surface area contributed by atoms with Gasteiger partial charge in [-0.1, -0.05) is 0 Å². The van der Waals surface area contributed by atoms with Gasteiger partial charge in [-0.15, -0.1) is 0 Å². The standard InChI is InChI=1S/C9H12N2O3/c10-5-11-7-6(12)4-9(2-1-3-9)14-8(7)13/h6-7,11-12H,1-4H2/t6-,7?/m0/s1. The van der Waals surface area contributed by atoms with Gasteiger partial charge in [0.25, 0.3) is 0 Å². The maximum atomic E-state index is 11.4. The zero-order valence-electron chi connectivity index (χ0n) is 7.69. The molecule has 5 heteroatoms. The summed E-state index contributed by atoms with van der Waals surface area (Å²) in [6.07, 6.45) is 3.98. The van der Waals surface area contributed by atoms with E-state index >= 15 is 0 Å². The predicted molar refractivity (Wildman–Crippen MR) is 45.8 cm³/mol. The molecule has 2 N–H and O–H groups in total. The van der Waals surface area contributed by atoms with E-state index in [1.54, 1.807) is 6.19 Å². The lowest BCUT2D eigenvalue weighted by molar-refractivity contribution is -0.194. The molecule has 0 bridgehead atoms. The molecule has 76 valence electrons. The lowest BCUT2D eigenvalue weighted by Gasteiger charge is -2.47. The third-order valence-corrected chi connectivity index (χ3v) is 3.02. The largest absolute Gasteiger partial charge is 0.457 e. The highest BCUT2D eigenvalue weighted by atomic mass is 16.6. The highest BCUT2D eigenvalue weighted by Gasteiger charge is 2.50. The van der Waals surface area contributed by atoms with Crippen molar-refractivity contribution in [3.8, 4) is 6.19 Å². The zero-order chi connectivity index (χ0) is 10.2. The predicted octanol–water partition coefficient (Wildman–Crippen LogP) is -0.344. The minimum absolute atomic E-state index is 0.426. The lowest BCUT2D eigenvalue weighted by atomic mass is 9.73. The van der Waals surface area contributed by atoms with Crippen LogP contribution in [-0.2, 0) is 9.53 Å². The first-order chi connectivity index (χ1) is 6.67. The third kappa shape index (κ3) is 1.32. The quantitative estimate of drug-likeness (QED) is 0.340. The summed E-state index contributed by atoms with van der Waals surface area (Å²) in [5.41, 5.74) is -0.426. The second-order valence-electron chi connectivity index (χ2n) is 3.96. The van der Waals surface area contributed by atoms with Gasteiger partial charge in [0.1, 0.15) is 5.60 Å². The molecule has 2 fully saturated rings. The lowest BCUT2D eigenvalue weighted by Crippen LogP contribution is -2.59. The summed E-state index contributed by atoms with van der Waals surface area (Å²) < 4.78 is 5.23. The summed E-state index contributed by atoms with van der Waals surface area (Å²) in [6, 6.07) is -0.883. The Labute approximate surface area is 81.7 Å². The molecule has 1 heterocycles. The van der Waals surface area contributed by atoms with Crippen molar-refractivity contribution in [1.29, 1.82) is 5.26 Å². The van der Waals surface area contributed by atoms with Crippen LogP contribution in [0, 0.1) is 11.5 Å². The van der Waals surface area contributed by atoms with Crippen LogP contribution in [0.4, 0.5) is 0 Å². The Bertz CT molecular complexity index is 293. The van der Waals surface area contributed by atoms with Crippen molar-refractivity contribution in [3.05, 3.63) is 0 Å². The molecule has 2 aliphatic rings. The molecular weight excluding hydrogens is 184 g/mol. The Hall–Kier alpha value is -1.28. The fraction of sp³-hybridized carbons (Fsp3) is 0.778. The van der Waals surface area contributed by atoms with Gasteiger partial charge in [-0.2, -0.15) is 5.26 Å². The van der Waals surface area contributed by atoms with Crippen molar-refractivity contribution in [3.63, 3.8) is 0 Å². The molecule has 0 aromatic heterocycles. The summed E-state index contributed by atoms with van der Waals surface area (Å²) in [7, 11) is 0. The molecule has 2 atom stereocenters. The van der Waals surface area contributed by atoms with E-state index in [1.165, 1.54) is 0 Å². The van der Waals surface area contributed by atoms with Crippen LogP contribution in [0.2, 0.25) is 0 Å². The Morgan fingerprint density at radius 2 is 2.36 bits per heavy atom. The monoisotopic (exact) mass is 196 g/mol. The first-order valence-corrected chi connectivity index (χ1v) is 4.72. The minimum atomic E-state index is -0.883. The van der Waals surface area contributed by atoms with E-state index in [0.717, 1.165) is 19.3 Å². The van der Waals surface area contributed by atoms with Crippen LogP contribution in [0.15, 0.2) is 0 Å². The Balaban J connectivity index is 2.06. The number of rotatable bonds is 1. The van der Waals surface area contributed by atoms with E-state index in [0.29, 0.717) is 6.42 Å².